The van der Waals surface area contributed by atoms with Crippen LogP contribution in [0.25, 0.3) is 16.6 Å². The zero-order valence-corrected chi connectivity index (χ0v) is 15.9. The van der Waals surface area contributed by atoms with Crippen molar-refractivity contribution in [3.05, 3.63) is 29.8 Å². The highest BCUT2D eigenvalue weighted by Gasteiger charge is 2.19. The van der Waals surface area contributed by atoms with Gasteiger partial charge in [-0.3, -0.25) is 9.20 Å². The van der Waals surface area contributed by atoms with Gasteiger partial charge in [-0.05, 0) is 55.3 Å². The van der Waals surface area contributed by atoms with Crippen LogP contribution in [0, 0.1) is 6.92 Å². The first-order valence-corrected chi connectivity index (χ1v) is 9.89. The molecule has 1 saturated heterocycles. The Morgan fingerprint density at radius 3 is 2.77 bits per heavy atom. The van der Waals surface area contributed by atoms with E-state index in [1.165, 1.54) is 18.2 Å². The molecule has 0 unspecified atom stereocenters. The van der Waals surface area contributed by atoms with Crippen LogP contribution in [0.5, 0.6) is 5.75 Å². The van der Waals surface area contributed by atoms with Crippen LogP contribution in [0.3, 0.4) is 0 Å². The van der Waals surface area contributed by atoms with Crippen LogP contribution in [0.2, 0.25) is 0 Å². The van der Waals surface area contributed by atoms with E-state index in [9.17, 15) is 4.79 Å². The lowest BCUT2D eigenvalue weighted by Crippen LogP contribution is -2.36. The third kappa shape index (κ3) is 3.11. The number of nitrogens with zero attached hydrogens (tertiary/aromatic N) is 4. The lowest BCUT2D eigenvalue weighted by Gasteiger charge is -2.26. The fraction of sp³-hybridized carbons (Fsp3) is 0.421. The maximum Gasteiger partial charge on any atom is 0.233 e. The molecule has 1 aromatic carbocycles. The Morgan fingerprint density at radius 2 is 2.00 bits per heavy atom. The van der Waals surface area contributed by atoms with E-state index in [1.54, 1.807) is 7.11 Å². The minimum Gasteiger partial charge on any atom is -0.497 e. The number of hydrogen-bond donors (Lipinski definition) is 0. The van der Waals surface area contributed by atoms with Crippen LogP contribution in [-0.2, 0) is 4.79 Å². The number of piperidine rings is 1. The molecule has 0 spiro atoms. The van der Waals surface area contributed by atoms with Gasteiger partial charge in [0.2, 0.25) is 5.91 Å². The summed E-state index contributed by atoms with van der Waals surface area (Å²) in [5.41, 5.74) is 2.87. The number of methoxy groups -OCH3 is 1. The van der Waals surface area contributed by atoms with Gasteiger partial charge in [-0.2, -0.15) is 0 Å². The van der Waals surface area contributed by atoms with Crippen molar-refractivity contribution in [2.75, 3.05) is 26.0 Å². The normalized spacial score (nSPS) is 14.9. The predicted octanol–water partition coefficient (Wildman–Crippen LogP) is 3.30. The number of hydrogen-bond acceptors (Lipinski definition) is 5. The second-order valence-corrected chi connectivity index (χ2v) is 7.57. The molecule has 0 aliphatic carbocycles. The number of aromatic nitrogens is 3. The first-order chi connectivity index (χ1) is 12.7. The molecule has 2 aromatic heterocycles. The number of ether oxygens (including phenoxy) is 1. The summed E-state index contributed by atoms with van der Waals surface area (Å²) in [7, 11) is 1.66. The molecule has 1 aliphatic rings. The van der Waals surface area contributed by atoms with Crippen molar-refractivity contribution in [2.24, 2.45) is 0 Å². The van der Waals surface area contributed by atoms with Gasteiger partial charge >= 0.3 is 0 Å². The van der Waals surface area contributed by atoms with E-state index >= 15 is 0 Å². The molecule has 136 valence electrons. The van der Waals surface area contributed by atoms with Crippen LogP contribution in [0.1, 0.15) is 24.8 Å². The van der Waals surface area contributed by atoms with E-state index in [4.69, 9.17) is 4.74 Å². The maximum atomic E-state index is 12.5. The average molecular weight is 370 g/mol. The van der Waals surface area contributed by atoms with Crippen molar-refractivity contribution in [1.29, 1.82) is 0 Å². The zero-order chi connectivity index (χ0) is 18.1. The topological polar surface area (TPSA) is 59.7 Å². The molecule has 3 heterocycles. The Bertz CT molecular complexity index is 963. The Kier molecular flexibility index (Phi) is 4.72. The molecule has 0 bridgehead atoms. The number of pyridine rings is 1. The minimum absolute atomic E-state index is 0.181. The van der Waals surface area contributed by atoms with Crippen LogP contribution in [-0.4, -0.2) is 51.4 Å². The fourth-order valence-electron chi connectivity index (χ4n) is 3.46. The number of rotatable bonds is 4. The quantitative estimate of drug-likeness (QED) is 0.660. The number of carbonyl (C=O) groups excluding carboxylic acids is 1. The first kappa shape index (κ1) is 17.1. The van der Waals surface area contributed by atoms with Gasteiger partial charge in [-0.25, -0.2) is 0 Å². The SMILES string of the molecule is COc1ccc2cc(C)c3nnc(SCC(=O)N4CCCCC4)n3c2c1. The van der Waals surface area contributed by atoms with Crippen LogP contribution < -0.4 is 4.74 Å². The summed E-state index contributed by atoms with van der Waals surface area (Å²) in [6, 6.07) is 8.08. The molecule has 1 fully saturated rings. The standard InChI is InChI=1S/C19H22N4O2S/c1-13-10-14-6-7-15(25-2)11-16(14)23-18(13)20-21-19(23)26-12-17(24)22-8-4-3-5-9-22/h6-7,10-11H,3-5,8-9,12H2,1-2H3. The highest BCUT2D eigenvalue weighted by Crippen LogP contribution is 2.28. The summed E-state index contributed by atoms with van der Waals surface area (Å²) in [4.78, 5) is 14.5. The highest BCUT2D eigenvalue weighted by atomic mass is 32.2. The van der Waals surface area contributed by atoms with Crippen molar-refractivity contribution in [3.8, 4) is 5.75 Å². The van der Waals surface area contributed by atoms with E-state index in [2.05, 4.69) is 16.3 Å². The van der Waals surface area contributed by atoms with Crippen LogP contribution in [0.15, 0.2) is 29.4 Å². The molecule has 0 N–H and O–H groups in total. The van der Waals surface area contributed by atoms with E-state index in [-0.39, 0.29) is 5.91 Å². The summed E-state index contributed by atoms with van der Waals surface area (Å²) < 4.78 is 7.40. The first-order valence-electron chi connectivity index (χ1n) is 8.90. The molecule has 7 heteroatoms. The molecule has 4 rings (SSSR count). The second-order valence-electron chi connectivity index (χ2n) is 6.62. The van der Waals surface area contributed by atoms with Crippen molar-refractivity contribution < 1.29 is 9.53 Å². The van der Waals surface area contributed by atoms with Gasteiger partial charge in [0.05, 0.1) is 18.4 Å². The van der Waals surface area contributed by atoms with E-state index in [0.717, 1.165) is 59.0 Å². The molecule has 0 saturated carbocycles. The Morgan fingerprint density at radius 1 is 1.19 bits per heavy atom. The van der Waals surface area contributed by atoms with E-state index < -0.39 is 0 Å². The summed E-state index contributed by atoms with van der Waals surface area (Å²) in [5, 5.41) is 10.5. The third-order valence-corrected chi connectivity index (χ3v) is 5.78. The molecule has 26 heavy (non-hydrogen) atoms. The molecule has 1 amide bonds. The Balaban J connectivity index is 1.67. The molecule has 6 nitrogen and oxygen atoms in total. The third-order valence-electron chi connectivity index (χ3n) is 4.87. The van der Waals surface area contributed by atoms with E-state index in [0.29, 0.717) is 5.75 Å². The summed E-state index contributed by atoms with van der Waals surface area (Å²) in [6.45, 7) is 3.78. The van der Waals surface area contributed by atoms with Crippen LogP contribution >= 0.6 is 11.8 Å². The number of aryl methyl sites for hydroxylation is 1. The number of thioether (sulfide) groups is 1. The van der Waals surface area contributed by atoms with E-state index in [1.807, 2.05) is 34.4 Å². The van der Waals surface area contributed by atoms with Gasteiger partial charge in [-0.15, -0.1) is 10.2 Å². The smallest absolute Gasteiger partial charge is 0.233 e. The van der Waals surface area contributed by atoms with Crippen LogP contribution in [0.4, 0.5) is 0 Å². The van der Waals surface area contributed by atoms with Crippen molar-refractivity contribution in [2.45, 2.75) is 31.3 Å². The number of likely N-dealkylation sites (tertiary alicyclic amines) is 1. The van der Waals surface area contributed by atoms with Crippen molar-refractivity contribution >= 4 is 34.2 Å². The summed E-state index contributed by atoms with van der Waals surface area (Å²) >= 11 is 1.45. The lowest BCUT2D eigenvalue weighted by atomic mass is 10.1. The Labute approximate surface area is 156 Å². The monoisotopic (exact) mass is 370 g/mol. The summed E-state index contributed by atoms with van der Waals surface area (Å²) in [5.74, 6) is 1.36. The second kappa shape index (κ2) is 7.15. The van der Waals surface area contributed by atoms with Gasteiger partial charge in [0.15, 0.2) is 10.8 Å². The molecule has 0 atom stereocenters. The molecule has 0 radical (unpaired) electrons. The van der Waals surface area contributed by atoms with Crippen molar-refractivity contribution in [1.82, 2.24) is 19.5 Å². The molecule has 1 aliphatic heterocycles. The van der Waals surface area contributed by atoms with Crippen molar-refractivity contribution in [3.63, 3.8) is 0 Å². The lowest BCUT2D eigenvalue weighted by molar-refractivity contribution is -0.129. The number of benzene rings is 1. The Hall–Kier alpha value is -2.28. The molecular weight excluding hydrogens is 348 g/mol. The number of carbonyl (C=O) groups is 1. The highest BCUT2D eigenvalue weighted by molar-refractivity contribution is 7.99. The maximum absolute atomic E-state index is 12.5. The largest absolute Gasteiger partial charge is 0.497 e. The van der Waals surface area contributed by atoms with Gasteiger partial charge in [-0.1, -0.05) is 11.8 Å². The van der Waals surface area contributed by atoms with Gasteiger partial charge in [0, 0.05) is 19.2 Å². The van der Waals surface area contributed by atoms with Gasteiger partial charge < -0.3 is 9.64 Å². The average Bonchev–Trinajstić information content (AvgIpc) is 3.11. The summed E-state index contributed by atoms with van der Waals surface area (Å²) in [6.07, 6.45) is 3.43. The number of amides is 1. The zero-order valence-electron chi connectivity index (χ0n) is 15.1. The fourth-order valence-corrected chi connectivity index (χ4v) is 4.31. The number of fused-ring (bicyclic) bond motifs is 3. The molecular formula is C19H22N4O2S. The predicted molar refractivity (Wildman–Crippen MR) is 103 cm³/mol. The minimum atomic E-state index is 0.181. The van der Waals surface area contributed by atoms with Gasteiger partial charge in [0.25, 0.3) is 0 Å². The van der Waals surface area contributed by atoms with Gasteiger partial charge in [0.1, 0.15) is 5.75 Å². The molecule has 3 aromatic rings.